The summed E-state index contributed by atoms with van der Waals surface area (Å²) in [6.07, 6.45) is 0. The molecule has 29 heavy (non-hydrogen) atoms. The molecule has 1 amide bonds. The summed E-state index contributed by atoms with van der Waals surface area (Å²) in [4.78, 5) is 26.9. The van der Waals surface area contributed by atoms with Gasteiger partial charge in [0, 0.05) is 11.9 Å². The smallest absolute Gasteiger partial charge is 0.349 e. The second-order valence-corrected chi connectivity index (χ2v) is 8.55. The molecular weight excluding hydrogens is 364 g/mol. The van der Waals surface area contributed by atoms with Crippen LogP contribution in [0.5, 0.6) is 0 Å². The van der Waals surface area contributed by atoms with Gasteiger partial charge in [0.25, 0.3) is 5.91 Å². The molecule has 1 heterocycles. The third kappa shape index (κ3) is 4.74. The first-order valence-corrected chi connectivity index (χ1v) is 9.75. The summed E-state index contributed by atoms with van der Waals surface area (Å²) in [7, 11) is 3.94. The Morgan fingerprint density at radius 2 is 1.72 bits per heavy atom. The lowest BCUT2D eigenvalue weighted by atomic mass is 9.86. The van der Waals surface area contributed by atoms with Crippen molar-refractivity contribution in [1.29, 1.82) is 0 Å². The van der Waals surface area contributed by atoms with Crippen LogP contribution in [0.2, 0.25) is 0 Å². The number of amides is 1. The number of likely N-dealkylation sites (N-methyl/N-ethyl adjacent to an activating group) is 1. The number of para-hydroxylation sites is 1. The molecule has 5 nitrogen and oxygen atoms in total. The zero-order chi connectivity index (χ0) is 21.2. The Morgan fingerprint density at radius 1 is 1.07 bits per heavy atom. The van der Waals surface area contributed by atoms with Crippen molar-refractivity contribution in [3.8, 4) is 0 Å². The fraction of sp³-hybridized carbons (Fsp3) is 0.333. The van der Waals surface area contributed by atoms with Crippen molar-refractivity contribution in [2.24, 2.45) is 0 Å². The maximum absolute atomic E-state index is 12.7. The summed E-state index contributed by atoms with van der Waals surface area (Å²) >= 11 is 0. The lowest BCUT2D eigenvalue weighted by molar-refractivity contribution is 0.0938. The molecule has 1 atom stereocenters. The highest BCUT2D eigenvalue weighted by Gasteiger charge is 2.20. The number of carbonyl (C=O) groups is 1. The second-order valence-electron chi connectivity index (χ2n) is 8.55. The average Bonchev–Trinajstić information content (AvgIpc) is 2.67. The van der Waals surface area contributed by atoms with Gasteiger partial charge in [-0.25, -0.2) is 4.79 Å². The molecule has 0 saturated carbocycles. The van der Waals surface area contributed by atoms with E-state index in [2.05, 4.69) is 55.3 Å². The van der Waals surface area contributed by atoms with Crippen LogP contribution in [-0.4, -0.2) is 31.4 Å². The first-order chi connectivity index (χ1) is 13.7. The minimum absolute atomic E-state index is 0.0135. The van der Waals surface area contributed by atoms with Gasteiger partial charge >= 0.3 is 5.63 Å². The molecule has 2 aromatic carbocycles. The number of rotatable bonds is 5. The number of fused-ring (bicyclic) bond motifs is 1. The third-order valence-corrected chi connectivity index (χ3v) is 5.13. The summed E-state index contributed by atoms with van der Waals surface area (Å²) in [6, 6.07) is 17.2. The van der Waals surface area contributed by atoms with E-state index in [0.717, 1.165) is 10.9 Å². The van der Waals surface area contributed by atoms with Gasteiger partial charge in [-0.05, 0) is 42.8 Å². The molecular formula is C24H28N2O3. The van der Waals surface area contributed by atoms with Gasteiger partial charge in [0.05, 0.1) is 6.04 Å². The monoisotopic (exact) mass is 392 g/mol. The van der Waals surface area contributed by atoms with Crippen molar-refractivity contribution in [2.75, 3.05) is 20.6 Å². The van der Waals surface area contributed by atoms with Crippen LogP contribution in [0.25, 0.3) is 11.0 Å². The Bertz CT molecular complexity index is 1060. The number of carbonyl (C=O) groups excluding carboxylic acids is 1. The maximum atomic E-state index is 12.7. The van der Waals surface area contributed by atoms with Crippen LogP contribution in [0.1, 0.15) is 48.3 Å². The van der Waals surface area contributed by atoms with Crippen molar-refractivity contribution in [3.05, 3.63) is 81.7 Å². The van der Waals surface area contributed by atoms with E-state index in [-0.39, 0.29) is 17.0 Å². The molecule has 0 fully saturated rings. The molecule has 0 radical (unpaired) electrons. The quantitative estimate of drug-likeness (QED) is 0.664. The lowest BCUT2D eigenvalue weighted by Gasteiger charge is -2.26. The molecule has 0 saturated heterocycles. The van der Waals surface area contributed by atoms with Gasteiger partial charge in [-0.15, -0.1) is 0 Å². The van der Waals surface area contributed by atoms with Crippen LogP contribution in [0.3, 0.4) is 0 Å². The number of hydrogen-bond acceptors (Lipinski definition) is 4. The first kappa shape index (κ1) is 20.8. The summed E-state index contributed by atoms with van der Waals surface area (Å²) in [6.45, 7) is 6.93. The van der Waals surface area contributed by atoms with E-state index in [4.69, 9.17) is 4.42 Å². The van der Waals surface area contributed by atoms with Crippen LogP contribution in [0, 0.1) is 0 Å². The Hall–Kier alpha value is -2.92. The van der Waals surface area contributed by atoms with Crippen molar-refractivity contribution < 1.29 is 9.21 Å². The van der Waals surface area contributed by atoms with Crippen molar-refractivity contribution in [1.82, 2.24) is 10.2 Å². The zero-order valence-corrected chi connectivity index (χ0v) is 17.7. The van der Waals surface area contributed by atoms with Crippen LogP contribution >= 0.6 is 0 Å². The largest absolute Gasteiger partial charge is 0.422 e. The highest BCUT2D eigenvalue weighted by Crippen LogP contribution is 2.25. The van der Waals surface area contributed by atoms with E-state index >= 15 is 0 Å². The Balaban J connectivity index is 1.78. The van der Waals surface area contributed by atoms with Gasteiger partial charge in [-0.3, -0.25) is 4.79 Å². The number of nitrogens with zero attached hydrogens (tertiary/aromatic N) is 1. The normalized spacial score (nSPS) is 12.9. The molecule has 0 aliphatic rings. The minimum Gasteiger partial charge on any atom is -0.422 e. The molecule has 5 heteroatoms. The number of benzene rings is 2. The molecule has 0 aliphatic heterocycles. The first-order valence-electron chi connectivity index (χ1n) is 9.75. The van der Waals surface area contributed by atoms with E-state index < -0.39 is 11.5 Å². The van der Waals surface area contributed by atoms with Gasteiger partial charge in [0.2, 0.25) is 0 Å². The predicted octanol–water partition coefficient (Wildman–Crippen LogP) is 4.12. The van der Waals surface area contributed by atoms with Gasteiger partial charge in [-0.2, -0.15) is 0 Å². The predicted molar refractivity (Wildman–Crippen MR) is 116 cm³/mol. The Kier molecular flexibility index (Phi) is 5.89. The van der Waals surface area contributed by atoms with Gasteiger partial charge in [-0.1, -0.05) is 63.2 Å². The average molecular weight is 392 g/mol. The van der Waals surface area contributed by atoms with E-state index in [1.165, 1.54) is 5.56 Å². The summed E-state index contributed by atoms with van der Waals surface area (Å²) in [5.41, 5.74) is 2.32. The zero-order valence-electron chi connectivity index (χ0n) is 17.7. The molecule has 0 spiro atoms. The maximum Gasteiger partial charge on any atom is 0.349 e. The van der Waals surface area contributed by atoms with Gasteiger partial charge in [0.1, 0.15) is 11.1 Å². The Labute approximate surface area is 171 Å². The number of hydrogen-bond donors (Lipinski definition) is 1. The standard InChI is InChI=1S/C24H28N2O3/c1-24(2,3)18-12-10-16(11-13-18)20(26(4)5)15-25-22(27)19-14-17-8-6-7-9-21(17)29-23(19)28/h6-14,20H,15H2,1-5H3,(H,25,27)/t20-/m0/s1. The molecule has 1 aromatic heterocycles. The summed E-state index contributed by atoms with van der Waals surface area (Å²) < 4.78 is 5.27. The van der Waals surface area contributed by atoms with E-state index in [0.29, 0.717) is 12.1 Å². The molecule has 0 unspecified atom stereocenters. The fourth-order valence-electron chi connectivity index (χ4n) is 3.31. The molecule has 3 rings (SSSR count). The van der Waals surface area contributed by atoms with Crippen LogP contribution in [0.4, 0.5) is 0 Å². The van der Waals surface area contributed by atoms with Crippen molar-refractivity contribution in [2.45, 2.75) is 32.2 Å². The topological polar surface area (TPSA) is 62.6 Å². The van der Waals surface area contributed by atoms with Gasteiger partial charge in [0.15, 0.2) is 0 Å². The minimum atomic E-state index is -0.628. The van der Waals surface area contributed by atoms with Gasteiger partial charge < -0.3 is 14.6 Å². The van der Waals surface area contributed by atoms with Crippen LogP contribution < -0.4 is 10.9 Å². The second kappa shape index (κ2) is 8.21. The van der Waals surface area contributed by atoms with E-state index in [1.807, 2.05) is 26.2 Å². The summed E-state index contributed by atoms with van der Waals surface area (Å²) in [5.74, 6) is -0.428. The molecule has 0 aliphatic carbocycles. The highest BCUT2D eigenvalue weighted by atomic mass is 16.4. The van der Waals surface area contributed by atoms with Crippen molar-refractivity contribution in [3.63, 3.8) is 0 Å². The molecule has 3 aromatic rings. The molecule has 152 valence electrons. The van der Waals surface area contributed by atoms with Crippen LogP contribution in [0.15, 0.2) is 63.8 Å². The van der Waals surface area contributed by atoms with Crippen LogP contribution in [-0.2, 0) is 5.41 Å². The SMILES string of the molecule is CN(C)[C@@H](CNC(=O)c1cc2ccccc2oc1=O)c1ccc(C(C)(C)C)cc1. The van der Waals surface area contributed by atoms with Crippen molar-refractivity contribution >= 4 is 16.9 Å². The summed E-state index contributed by atoms with van der Waals surface area (Å²) in [5, 5.41) is 3.61. The Morgan fingerprint density at radius 3 is 2.34 bits per heavy atom. The molecule has 0 bridgehead atoms. The molecule has 1 N–H and O–H groups in total. The highest BCUT2D eigenvalue weighted by molar-refractivity contribution is 5.96. The number of nitrogens with one attached hydrogen (secondary N) is 1. The van der Waals surface area contributed by atoms with E-state index in [9.17, 15) is 9.59 Å². The lowest BCUT2D eigenvalue weighted by Crippen LogP contribution is -2.36. The third-order valence-electron chi connectivity index (χ3n) is 5.13. The van der Waals surface area contributed by atoms with E-state index in [1.54, 1.807) is 18.2 Å². The fourth-order valence-corrected chi connectivity index (χ4v) is 3.31.